The summed E-state index contributed by atoms with van der Waals surface area (Å²) in [5.41, 5.74) is 0.454. The zero-order valence-electron chi connectivity index (χ0n) is 16.4. The molecule has 0 aliphatic carbocycles. The molecule has 0 unspecified atom stereocenters. The summed E-state index contributed by atoms with van der Waals surface area (Å²) in [5.74, 6) is 0.0510. The molecule has 10 heteroatoms. The Balaban J connectivity index is 1.28. The molecule has 0 aromatic carbocycles. The monoisotopic (exact) mass is 400 g/mol. The second kappa shape index (κ2) is 6.65. The van der Waals surface area contributed by atoms with Crippen molar-refractivity contribution in [3.05, 3.63) is 29.8 Å². The third-order valence-corrected chi connectivity index (χ3v) is 6.54. The number of carbonyl (C=O) groups is 2. The van der Waals surface area contributed by atoms with Crippen LogP contribution in [0.4, 0.5) is 0 Å². The average Bonchev–Trinajstić information content (AvgIpc) is 3.50. The first-order chi connectivity index (χ1) is 14.0. The highest BCUT2D eigenvalue weighted by Gasteiger charge is 2.63. The van der Waals surface area contributed by atoms with E-state index in [1.165, 1.54) is 6.20 Å². The standard InChI is InChI=1S/C19H24N6O4/c1-11(2)25-15(4-6-21-25)17(26)20-7-12-13-9-24(18(27)14-8-22-29-23-14)10-19(13)5-3-16(12)28-19/h4,6,8,11-13,16H,3,5,7,9-10H2,1-2H3,(H,20,26)/t12-,13+,16+,19+/m0/s1. The highest BCUT2D eigenvalue weighted by Crippen LogP contribution is 2.54. The second-order valence-corrected chi connectivity index (χ2v) is 8.47. The minimum Gasteiger partial charge on any atom is -0.369 e. The molecule has 3 fully saturated rings. The maximum absolute atomic E-state index is 12.7. The van der Waals surface area contributed by atoms with Gasteiger partial charge < -0.3 is 15.0 Å². The molecule has 3 aliphatic heterocycles. The number of nitrogens with one attached hydrogen (secondary N) is 1. The van der Waals surface area contributed by atoms with Gasteiger partial charge in [-0.15, -0.1) is 0 Å². The molecule has 29 heavy (non-hydrogen) atoms. The molecule has 2 aromatic rings. The number of rotatable bonds is 5. The van der Waals surface area contributed by atoms with Gasteiger partial charge >= 0.3 is 0 Å². The summed E-state index contributed by atoms with van der Waals surface area (Å²) < 4.78 is 12.6. The first-order valence-electron chi connectivity index (χ1n) is 10.0. The maximum atomic E-state index is 12.7. The van der Waals surface area contributed by atoms with Crippen LogP contribution < -0.4 is 5.32 Å². The van der Waals surface area contributed by atoms with Crippen molar-refractivity contribution in [2.24, 2.45) is 11.8 Å². The van der Waals surface area contributed by atoms with E-state index in [0.29, 0.717) is 25.3 Å². The van der Waals surface area contributed by atoms with Gasteiger partial charge in [0.05, 0.1) is 18.2 Å². The lowest BCUT2D eigenvalue weighted by Crippen LogP contribution is -2.42. The summed E-state index contributed by atoms with van der Waals surface area (Å²) in [7, 11) is 0. The van der Waals surface area contributed by atoms with Crippen molar-refractivity contribution in [3.63, 3.8) is 0 Å². The summed E-state index contributed by atoms with van der Waals surface area (Å²) in [6.45, 7) is 5.64. The van der Waals surface area contributed by atoms with Crippen molar-refractivity contribution in [1.29, 1.82) is 0 Å². The van der Waals surface area contributed by atoms with E-state index < -0.39 is 0 Å². The lowest BCUT2D eigenvalue weighted by Gasteiger charge is -2.29. The van der Waals surface area contributed by atoms with Gasteiger partial charge in [0.1, 0.15) is 11.9 Å². The quantitative estimate of drug-likeness (QED) is 0.793. The lowest BCUT2D eigenvalue weighted by atomic mass is 9.73. The average molecular weight is 400 g/mol. The Labute approximate surface area is 167 Å². The summed E-state index contributed by atoms with van der Waals surface area (Å²) in [4.78, 5) is 27.2. The van der Waals surface area contributed by atoms with Crippen LogP contribution in [-0.2, 0) is 4.74 Å². The minimum absolute atomic E-state index is 0.111. The number of hydrogen-bond acceptors (Lipinski definition) is 7. The predicted molar refractivity (Wildman–Crippen MR) is 99.0 cm³/mol. The largest absolute Gasteiger partial charge is 0.369 e. The van der Waals surface area contributed by atoms with E-state index in [2.05, 4.69) is 25.4 Å². The van der Waals surface area contributed by atoms with Crippen LogP contribution in [-0.4, -0.2) is 68.1 Å². The van der Waals surface area contributed by atoms with E-state index in [1.807, 2.05) is 13.8 Å². The third-order valence-electron chi connectivity index (χ3n) is 6.54. The van der Waals surface area contributed by atoms with E-state index in [-0.39, 0.29) is 47.1 Å². The van der Waals surface area contributed by atoms with Crippen molar-refractivity contribution < 1.29 is 19.0 Å². The molecule has 1 N–H and O–H groups in total. The van der Waals surface area contributed by atoms with Crippen LogP contribution >= 0.6 is 0 Å². The van der Waals surface area contributed by atoms with Gasteiger partial charge in [0.2, 0.25) is 0 Å². The Bertz CT molecular complexity index is 925. The van der Waals surface area contributed by atoms with Crippen LogP contribution in [0.3, 0.4) is 0 Å². The molecule has 2 amide bonds. The van der Waals surface area contributed by atoms with Gasteiger partial charge in [-0.1, -0.05) is 5.16 Å². The smallest absolute Gasteiger partial charge is 0.277 e. The lowest BCUT2D eigenvalue weighted by molar-refractivity contribution is 0.00306. The van der Waals surface area contributed by atoms with Gasteiger partial charge in [-0.3, -0.25) is 14.3 Å². The van der Waals surface area contributed by atoms with Crippen LogP contribution in [0, 0.1) is 11.8 Å². The molecule has 3 saturated heterocycles. The summed E-state index contributed by atoms with van der Waals surface area (Å²) in [6.07, 6.45) is 5.00. The fraction of sp³-hybridized carbons (Fsp3) is 0.632. The Morgan fingerprint density at radius 2 is 2.28 bits per heavy atom. The number of fused-ring (bicyclic) bond motifs is 1. The summed E-state index contributed by atoms with van der Waals surface area (Å²) in [6, 6.07) is 1.84. The highest BCUT2D eigenvalue weighted by molar-refractivity contribution is 5.93. The zero-order chi connectivity index (χ0) is 20.2. The van der Waals surface area contributed by atoms with Crippen molar-refractivity contribution >= 4 is 11.8 Å². The molecule has 2 aromatic heterocycles. The summed E-state index contributed by atoms with van der Waals surface area (Å²) >= 11 is 0. The minimum atomic E-state index is -0.313. The van der Waals surface area contributed by atoms with Crippen molar-refractivity contribution in [2.45, 2.75) is 44.4 Å². The zero-order valence-corrected chi connectivity index (χ0v) is 16.4. The Morgan fingerprint density at radius 3 is 3.03 bits per heavy atom. The molecular formula is C19H24N6O4. The van der Waals surface area contributed by atoms with E-state index >= 15 is 0 Å². The number of aromatic nitrogens is 4. The van der Waals surface area contributed by atoms with Crippen LogP contribution in [0.1, 0.15) is 53.7 Å². The van der Waals surface area contributed by atoms with Crippen LogP contribution in [0.2, 0.25) is 0 Å². The van der Waals surface area contributed by atoms with Crippen LogP contribution in [0.5, 0.6) is 0 Å². The summed E-state index contributed by atoms with van der Waals surface area (Å²) in [5, 5.41) is 14.5. The SMILES string of the molecule is CC(C)n1nccc1C(=O)NC[C@H]1[C@H]2CN(C(=O)c3cnon3)C[C@]23CC[C@H]1O3. The molecule has 5 rings (SSSR count). The van der Waals surface area contributed by atoms with Gasteiger partial charge in [-0.25, -0.2) is 4.63 Å². The van der Waals surface area contributed by atoms with Gasteiger partial charge in [-0.05, 0) is 37.9 Å². The van der Waals surface area contributed by atoms with E-state index in [9.17, 15) is 9.59 Å². The first-order valence-corrected chi connectivity index (χ1v) is 10.0. The van der Waals surface area contributed by atoms with Gasteiger partial charge in [0, 0.05) is 37.2 Å². The fourth-order valence-corrected chi connectivity index (χ4v) is 5.25. The van der Waals surface area contributed by atoms with E-state index in [4.69, 9.17) is 4.74 Å². The normalized spacial score (nSPS) is 30.2. The number of likely N-dealkylation sites (tertiary alicyclic amines) is 1. The number of hydrogen-bond donors (Lipinski definition) is 1. The predicted octanol–water partition coefficient (Wildman–Crippen LogP) is 0.897. The number of carbonyl (C=O) groups excluding carboxylic acids is 2. The molecule has 5 heterocycles. The highest BCUT2D eigenvalue weighted by atomic mass is 16.6. The van der Waals surface area contributed by atoms with Crippen LogP contribution in [0.25, 0.3) is 0 Å². The van der Waals surface area contributed by atoms with E-state index in [0.717, 1.165) is 12.8 Å². The molecule has 10 nitrogen and oxygen atoms in total. The van der Waals surface area contributed by atoms with Crippen molar-refractivity contribution in [1.82, 2.24) is 30.3 Å². The van der Waals surface area contributed by atoms with Crippen molar-refractivity contribution in [2.75, 3.05) is 19.6 Å². The molecule has 3 aliphatic rings. The Kier molecular flexibility index (Phi) is 4.19. The Morgan fingerprint density at radius 1 is 1.41 bits per heavy atom. The van der Waals surface area contributed by atoms with Gasteiger partial charge in [0.25, 0.3) is 11.8 Å². The van der Waals surface area contributed by atoms with Crippen LogP contribution in [0.15, 0.2) is 23.1 Å². The molecule has 154 valence electrons. The first kappa shape index (κ1) is 18.3. The molecule has 1 spiro atoms. The number of ether oxygens (including phenoxy) is 1. The molecule has 2 bridgehead atoms. The molecule has 0 radical (unpaired) electrons. The third kappa shape index (κ3) is 2.85. The van der Waals surface area contributed by atoms with Gasteiger partial charge in [-0.2, -0.15) is 5.10 Å². The molecule has 4 atom stereocenters. The van der Waals surface area contributed by atoms with Gasteiger partial charge in [0.15, 0.2) is 5.69 Å². The molecular weight excluding hydrogens is 376 g/mol. The number of nitrogens with zero attached hydrogens (tertiary/aromatic N) is 5. The van der Waals surface area contributed by atoms with E-state index in [1.54, 1.807) is 21.8 Å². The second-order valence-electron chi connectivity index (χ2n) is 8.47. The number of amides is 2. The fourth-order valence-electron chi connectivity index (χ4n) is 5.25. The maximum Gasteiger partial charge on any atom is 0.277 e. The van der Waals surface area contributed by atoms with Crippen molar-refractivity contribution in [3.8, 4) is 0 Å². The molecule has 0 saturated carbocycles. The topological polar surface area (TPSA) is 115 Å². The Hall–Kier alpha value is -2.75.